The Hall–Kier alpha value is -0.0551. The molecular weight excluding hydrogens is 275 g/mol. The maximum Gasteiger partial charge on any atom is 0.460 e. The zero-order valence-corrected chi connectivity index (χ0v) is 15.5. The van der Waals surface area contributed by atoms with Crippen molar-refractivity contribution in [1.29, 1.82) is 0 Å². The van der Waals surface area contributed by atoms with E-state index in [4.69, 9.17) is 9.31 Å². The van der Waals surface area contributed by atoms with Crippen LogP contribution in [0.4, 0.5) is 0 Å². The Balaban J connectivity index is 2.06. The molecule has 22 heavy (non-hydrogen) atoms. The summed E-state index contributed by atoms with van der Waals surface area (Å²) < 4.78 is 11.9. The molecule has 1 saturated heterocycles. The highest BCUT2D eigenvalue weighted by Crippen LogP contribution is 2.38. The summed E-state index contributed by atoms with van der Waals surface area (Å²) in [5.74, 6) is 0. The quantitative estimate of drug-likeness (QED) is 0.432. The summed E-state index contributed by atoms with van der Waals surface area (Å²) in [7, 11) is -0.269. The lowest BCUT2D eigenvalue weighted by Gasteiger charge is -2.32. The van der Waals surface area contributed by atoms with Crippen LogP contribution >= 0.6 is 0 Å². The van der Waals surface area contributed by atoms with Crippen LogP contribution in [0.1, 0.15) is 92.4 Å². The molecule has 0 spiro atoms. The second-order valence-electron chi connectivity index (χ2n) is 7.84. The second-order valence-corrected chi connectivity index (χ2v) is 7.84. The third-order valence-electron chi connectivity index (χ3n) is 5.16. The lowest BCUT2D eigenvalue weighted by Crippen LogP contribution is -2.41. The van der Waals surface area contributed by atoms with Gasteiger partial charge < -0.3 is 14.4 Å². The molecular formula is C18H37BO3. The molecule has 0 aromatic heterocycles. The summed E-state index contributed by atoms with van der Waals surface area (Å²) in [6.45, 7) is 10.5. The van der Waals surface area contributed by atoms with Crippen molar-refractivity contribution < 1.29 is 14.4 Å². The van der Waals surface area contributed by atoms with Crippen molar-refractivity contribution in [1.82, 2.24) is 0 Å². The van der Waals surface area contributed by atoms with Crippen LogP contribution in [0.15, 0.2) is 0 Å². The summed E-state index contributed by atoms with van der Waals surface area (Å²) in [5.41, 5.74) is -0.592. The van der Waals surface area contributed by atoms with Gasteiger partial charge in [0.2, 0.25) is 0 Å². The fraction of sp³-hybridized carbons (Fsp3) is 1.00. The molecule has 130 valence electrons. The summed E-state index contributed by atoms with van der Waals surface area (Å²) >= 11 is 0. The Kier molecular flexibility index (Phi) is 8.44. The molecule has 1 rings (SSSR count). The van der Waals surface area contributed by atoms with E-state index < -0.39 is 0 Å². The van der Waals surface area contributed by atoms with Gasteiger partial charge in [0.25, 0.3) is 0 Å². The van der Waals surface area contributed by atoms with Gasteiger partial charge in [0.1, 0.15) is 0 Å². The smallest absolute Gasteiger partial charge is 0.403 e. The van der Waals surface area contributed by atoms with Crippen LogP contribution in [-0.4, -0.2) is 29.5 Å². The number of aliphatic hydroxyl groups excluding tert-OH is 1. The van der Waals surface area contributed by atoms with Crippen molar-refractivity contribution in [3.8, 4) is 0 Å². The minimum atomic E-state index is -0.310. The third kappa shape index (κ3) is 6.60. The van der Waals surface area contributed by atoms with E-state index in [0.717, 1.165) is 12.8 Å². The van der Waals surface area contributed by atoms with E-state index in [1.54, 1.807) is 0 Å². The first kappa shape index (κ1) is 20.0. The molecule has 4 heteroatoms. The van der Waals surface area contributed by atoms with E-state index in [1.165, 1.54) is 44.9 Å². The minimum Gasteiger partial charge on any atom is -0.403 e. The predicted octanol–water partition coefficient (Wildman–Crippen LogP) is 4.97. The van der Waals surface area contributed by atoms with E-state index in [0.29, 0.717) is 6.32 Å². The molecule has 3 nitrogen and oxygen atoms in total. The molecule has 0 bridgehead atoms. The molecule has 1 unspecified atom stereocenters. The molecule has 1 atom stereocenters. The van der Waals surface area contributed by atoms with Gasteiger partial charge >= 0.3 is 7.12 Å². The van der Waals surface area contributed by atoms with Crippen LogP contribution in [0, 0.1) is 0 Å². The highest BCUT2D eigenvalue weighted by molar-refractivity contribution is 6.45. The first-order valence-corrected chi connectivity index (χ1v) is 9.32. The molecule has 0 saturated carbocycles. The van der Waals surface area contributed by atoms with Crippen LogP contribution in [0.2, 0.25) is 6.32 Å². The molecule has 0 aliphatic carbocycles. The second kappa shape index (κ2) is 9.29. The van der Waals surface area contributed by atoms with Gasteiger partial charge in [0.15, 0.2) is 0 Å². The van der Waals surface area contributed by atoms with E-state index in [-0.39, 0.29) is 24.4 Å². The largest absolute Gasteiger partial charge is 0.460 e. The van der Waals surface area contributed by atoms with E-state index in [2.05, 4.69) is 34.6 Å². The highest BCUT2D eigenvalue weighted by atomic mass is 16.7. The number of hydrogen-bond donors (Lipinski definition) is 1. The van der Waals surface area contributed by atoms with E-state index in [1.807, 2.05) is 0 Å². The van der Waals surface area contributed by atoms with Gasteiger partial charge in [-0.25, -0.2) is 0 Å². The Labute approximate surface area is 138 Å². The predicted molar refractivity (Wildman–Crippen MR) is 94.1 cm³/mol. The van der Waals surface area contributed by atoms with Gasteiger partial charge in [-0.05, 0) is 34.1 Å². The van der Waals surface area contributed by atoms with Gasteiger partial charge in [0.05, 0.1) is 17.3 Å². The van der Waals surface area contributed by atoms with Gasteiger partial charge in [0, 0.05) is 6.32 Å². The zero-order valence-electron chi connectivity index (χ0n) is 15.5. The SMILES string of the molecule is CCCCCCCCCCC(O)CB1OC(C)(C)C(C)(C)O1. The van der Waals surface area contributed by atoms with Crippen molar-refractivity contribution in [2.75, 3.05) is 0 Å². The molecule has 0 radical (unpaired) electrons. The topological polar surface area (TPSA) is 38.7 Å². The number of unbranched alkanes of at least 4 members (excludes halogenated alkanes) is 7. The van der Waals surface area contributed by atoms with Crippen LogP contribution in [0.25, 0.3) is 0 Å². The van der Waals surface area contributed by atoms with Crippen molar-refractivity contribution >= 4 is 7.12 Å². The molecule has 1 fully saturated rings. The molecule has 0 amide bonds. The van der Waals surface area contributed by atoms with Gasteiger partial charge in [-0.15, -0.1) is 0 Å². The molecule has 0 aromatic rings. The fourth-order valence-corrected chi connectivity index (χ4v) is 2.92. The third-order valence-corrected chi connectivity index (χ3v) is 5.16. The van der Waals surface area contributed by atoms with E-state index in [9.17, 15) is 5.11 Å². The van der Waals surface area contributed by atoms with Crippen LogP contribution in [0.3, 0.4) is 0 Å². The normalized spacial score (nSPS) is 21.3. The fourth-order valence-electron chi connectivity index (χ4n) is 2.92. The molecule has 1 aliphatic rings. The van der Waals surface area contributed by atoms with Crippen LogP contribution in [-0.2, 0) is 9.31 Å². The van der Waals surface area contributed by atoms with Gasteiger partial charge in [-0.3, -0.25) is 0 Å². The van der Waals surface area contributed by atoms with Crippen molar-refractivity contribution in [2.45, 2.75) is 116 Å². The maximum absolute atomic E-state index is 10.2. The molecule has 0 aromatic carbocycles. The molecule has 1 heterocycles. The summed E-state index contributed by atoms with van der Waals surface area (Å²) in [6, 6.07) is 0. The standard InChI is InChI=1S/C18H37BO3/c1-6-7-8-9-10-11-12-13-14-16(20)15-19-21-17(2,3)18(4,5)22-19/h16,20H,6-15H2,1-5H3. The summed E-state index contributed by atoms with van der Waals surface area (Å²) in [6.07, 6.45) is 11.5. The monoisotopic (exact) mass is 312 g/mol. The number of aliphatic hydroxyl groups is 1. The lowest BCUT2D eigenvalue weighted by atomic mass is 9.80. The first-order chi connectivity index (χ1) is 10.3. The van der Waals surface area contributed by atoms with Gasteiger partial charge in [-0.1, -0.05) is 58.3 Å². The Bertz CT molecular complexity index is 289. The average molecular weight is 312 g/mol. The number of rotatable bonds is 11. The van der Waals surface area contributed by atoms with Crippen molar-refractivity contribution in [2.24, 2.45) is 0 Å². The Morgan fingerprint density at radius 2 is 1.27 bits per heavy atom. The number of hydrogen-bond acceptors (Lipinski definition) is 3. The Morgan fingerprint density at radius 3 is 1.77 bits per heavy atom. The molecule has 1 N–H and O–H groups in total. The van der Waals surface area contributed by atoms with Crippen LogP contribution in [0.5, 0.6) is 0 Å². The highest BCUT2D eigenvalue weighted by Gasteiger charge is 2.51. The van der Waals surface area contributed by atoms with Crippen molar-refractivity contribution in [3.05, 3.63) is 0 Å². The molecule has 1 aliphatic heterocycles. The van der Waals surface area contributed by atoms with Crippen LogP contribution < -0.4 is 0 Å². The summed E-state index contributed by atoms with van der Waals surface area (Å²) in [4.78, 5) is 0. The first-order valence-electron chi connectivity index (χ1n) is 9.32. The van der Waals surface area contributed by atoms with Gasteiger partial charge in [-0.2, -0.15) is 0 Å². The maximum atomic E-state index is 10.2. The summed E-state index contributed by atoms with van der Waals surface area (Å²) in [5, 5.41) is 10.2. The van der Waals surface area contributed by atoms with E-state index >= 15 is 0 Å². The average Bonchev–Trinajstić information content (AvgIpc) is 2.60. The lowest BCUT2D eigenvalue weighted by molar-refractivity contribution is 0.00578. The van der Waals surface area contributed by atoms with Crippen molar-refractivity contribution in [3.63, 3.8) is 0 Å². The minimum absolute atomic E-state index is 0.269. The zero-order chi connectivity index (χ0) is 16.6. The Morgan fingerprint density at radius 1 is 0.818 bits per heavy atom.